The number of aliphatic hydroxyl groups is 1. The molecule has 1 aliphatic carbocycles. The Kier molecular flexibility index (Phi) is 4.30. The van der Waals surface area contributed by atoms with Crippen molar-refractivity contribution >= 4 is 12.0 Å². The summed E-state index contributed by atoms with van der Waals surface area (Å²) in [5, 5.41) is 9.03. The maximum atomic E-state index is 14.0. The largest absolute Gasteiger partial charge is 0.515 e. The van der Waals surface area contributed by atoms with Crippen molar-refractivity contribution in [2.45, 2.75) is 18.6 Å². The topological polar surface area (TPSA) is 58.9 Å². The number of ether oxygens (including phenoxy) is 1. The average Bonchev–Trinajstić information content (AvgIpc) is 3.15. The summed E-state index contributed by atoms with van der Waals surface area (Å²) in [6, 6.07) is 1.27. The van der Waals surface area contributed by atoms with Crippen LogP contribution < -0.4 is 4.74 Å². The van der Waals surface area contributed by atoms with Crippen LogP contribution in [-0.4, -0.2) is 36.4 Å². The lowest BCUT2D eigenvalue weighted by atomic mass is 10.0. The van der Waals surface area contributed by atoms with Crippen LogP contribution in [0.1, 0.15) is 16.8 Å². The van der Waals surface area contributed by atoms with Crippen LogP contribution in [0.3, 0.4) is 0 Å². The molecule has 0 spiro atoms. The van der Waals surface area contributed by atoms with Crippen molar-refractivity contribution in [3.8, 4) is 5.75 Å². The Labute approximate surface area is 118 Å². The number of benzene rings is 1. The first-order valence-corrected chi connectivity index (χ1v) is 6.08. The molecule has 0 aliphatic heterocycles. The van der Waals surface area contributed by atoms with Crippen LogP contribution in [0, 0.1) is 11.6 Å². The highest BCUT2D eigenvalue weighted by Gasteiger charge is 2.37. The molecule has 1 saturated carbocycles. The Morgan fingerprint density at radius 2 is 2.14 bits per heavy atom. The number of methoxy groups -OCH3 is 1. The summed E-state index contributed by atoms with van der Waals surface area (Å²) in [6.07, 6.45) is 0.611. The number of carbonyl (C=O) groups is 1. The molecule has 21 heavy (non-hydrogen) atoms. The van der Waals surface area contributed by atoms with Gasteiger partial charge in [-0.2, -0.15) is 0 Å². The molecule has 2 rings (SSSR count). The van der Waals surface area contributed by atoms with Crippen LogP contribution in [0.15, 0.2) is 29.0 Å². The highest BCUT2D eigenvalue weighted by molar-refractivity contribution is 6.21. The zero-order chi connectivity index (χ0) is 15.6. The van der Waals surface area contributed by atoms with Crippen LogP contribution in [0.25, 0.3) is 0 Å². The molecule has 0 bridgehead atoms. The first-order valence-electron chi connectivity index (χ1n) is 6.08. The summed E-state index contributed by atoms with van der Waals surface area (Å²) in [6.45, 7) is 0. The van der Waals surface area contributed by atoms with E-state index in [9.17, 15) is 18.0 Å². The van der Waals surface area contributed by atoms with E-state index in [-0.39, 0.29) is 12.0 Å². The summed E-state index contributed by atoms with van der Waals surface area (Å²) >= 11 is 0. The molecule has 2 atom stereocenters. The van der Waals surface area contributed by atoms with E-state index in [1.807, 2.05) is 0 Å². The van der Waals surface area contributed by atoms with Crippen molar-refractivity contribution in [2.24, 2.45) is 4.99 Å². The molecule has 0 saturated heterocycles. The number of allylic oxidation sites excluding steroid dienone is 1. The van der Waals surface area contributed by atoms with E-state index in [0.29, 0.717) is 6.26 Å². The molecule has 1 fully saturated rings. The predicted molar refractivity (Wildman–Crippen MR) is 69.7 cm³/mol. The molecular formula is C14H12F3NO3. The van der Waals surface area contributed by atoms with Gasteiger partial charge < -0.3 is 9.84 Å². The van der Waals surface area contributed by atoms with E-state index in [1.54, 1.807) is 0 Å². The zero-order valence-electron chi connectivity index (χ0n) is 11.0. The lowest BCUT2D eigenvalue weighted by molar-refractivity contribution is 0.103. The van der Waals surface area contributed by atoms with E-state index in [2.05, 4.69) is 9.73 Å². The van der Waals surface area contributed by atoms with Gasteiger partial charge in [0.15, 0.2) is 17.4 Å². The summed E-state index contributed by atoms with van der Waals surface area (Å²) < 4.78 is 44.4. The lowest BCUT2D eigenvalue weighted by Gasteiger charge is -2.07. The van der Waals surface area contributed by atoms with Gasteiger partial charge >= 0.3 is 0 Å². The normalized spacial score (nSPS) is 21.6. The number of rotatable bonds is 5. The van der Waals surface area contributed by atoms with E-state index in [0.717, 1.165) is 25.5 Å². The molecule has 4 nitrogen and oxygen atoms in total. The first-order chi connectivity index (χ1) is 9.99. The fourth-order valence-corrected chi connectivity index (χ4v) is 1.68. The van der Waals surface area contributed by atoms with Crippen LogP contribution in [0.5, 0.6) is 5.75 Å². The second-order valence-corrected chi connectivity index (χ2v) is 4.45. The molecule has 7 heteroatoms. The van der Waals surface area contributed by atoms with Crippen LogP contribution in [-0.2, 0) is 0 Å². The van der Waals surface area contributed by atoms with E-state index < -0.39 is 40.9 Å². The van der Waals surface area contributed by atoms with Crippen LogP contribution >= 0.6 is 0 Å². The Morgan fingerprint density at radius 1 is 1.48 bits per heavy atom. The number of aliphatic hydroxyl groups excluding tert-OH is 1. The van der Waals surface area contributed by atoms with E-state index >= 15 is 0 Å². The van der Waals surface area contributed by atoms with Gasteiger partial charge in [-0.3, -0.25) is 9.79 Å². The van der Waals surface area contributed by atoms with Gasteiger partial charge in [-0.15, -0.1) is 0 Å². The molecule has 1 N–H and O–H groups in total. The third-order valence-electron chi connectivity index (χ3n) is 2.99. The number of carbonyl (C=O) groups excluding carboxylic acids is 1. The molecule has 1 aromatic rings. The Balaban J connectivity index is 2.28. The quantitative estimate of drug-likeness (QED) is 0.393. The standard InChI is InChI=1S/C14H12F3NO3/c1-21-14-9(15)3-2-8(12(14)17)13(20)7(6-19)5-18-11-4-10(11)16/h2-3,5-6,10-11,19H,4H2,1H3/t10-,11+/m0/s1. The van der Waals surface area contributed by atoms with Gasteiger partial charge in [0.05, 0.1) is 30.6 Å². The Hall–Kier alpha value is -2.31. The molecular weight excluding hydrogens is 287 g/mol. The maximum absolute atomic E-state index is 14.0. The maximum Gasteiger partial charge on any atom is 0.200 e. The third kappa shape index (κ3) is 3.07. The summed E-state index contributed by atoms with van der Waals surface area (Å²) in [7, 11) is 1.06. The van der Waals surface area contributed by atoms with Gasteiger partial charge in [-0.05, 0) is 12.1 Å². The van der Waals surface area contributed by atoms with Crippen molar-refractivity contribution in [1.29, 1.82) is 0 Å². The second-order valence-electron chi connectivity index (χ2n) is 4.45. The Bertz CT molecular complexity index is 628. The average molecular weight is 299 g/mol. The number of ketones is 1. The number of hydrogen-bond acceptors (Lipinski definition) is 4. The minimum absolute atomic E-state index is 0.252. The number of nitrogens with zero attached hydrogens (tertiary/aromatic N) is 1. The van der Waals surface area contributed by atoms with Crippen molar-refractivity contribution < 1.29 is 27.8 Å². The fourth-order valence-electron chi connectivity index (χ4n) is 1.68. The van der Waals surface area contributed by atoms with Gasteiger partial charge in [-0.25, -0.2) is 13.2 Å². The number of Topliss-reactive ketones (excluding diaryl/α,β-unsaturated/α-hetero) is 1. The fraction of sp³-hybridized carbons (Fsp3) is 0.286. The predicted octanol–water partition coefficient (Wildman–Crippen LogP) is 2.78. The molecule has 1 aromatic carbocycles. The minimum Gasteiger partial charge on any atom is -0.515 e. The molecule has 0 heterocycles. The zero-order valence-corrected chi connectivity index (χ0v) is 11.0. The van der Waals surface area contributed by atoms with E-state index in [4.69, 9.17) is 5.11 Å². The molecule has 1 aliphatic rings. The molecule has 0 radical (unpaired) electrons. The molecule has 0 aromatic heterocycles. The van der Waals surface area contributed by atoms with Gasteiger partial charge in [0.1, 0.15) is 6.17 Å². The van der Waals surface area contributed by atoms with Crippen molar-refractivity contribution in [1.82, 2.24) is 0 Å². The highest BCUT2D eigenvalue weighted by atomic mass is 19.1. The van der Waals surface area contributed by atoms with Crippen molar-refractivity contribution in [2.75, 3.05) is 7.11 Å². The van der Waals surface area contributed by atoms with Crippen molar-refractivity contribution in [3.63, 3.8) is 0 Å². The third-order valence-corrected chi connectivity index (χ3v) is 2.99. The SMILES string of the molecule is COc1c(F)ccc(C(=O)C(C=N[C@@H]2C[C@@H]2F)=CO)c1F. The number of alkyl halides is 1. The van der Waals surface area contributed by atoms with E-state index in [1.165, 1.54) is 0 Å². The molecule has 0 amide bonds. The van der Waals surface area contributed by atoms with Gasteiger partial charge in [0.25, 0.3) is 0 Å². The molecule has 0 unspecified atom stereocenters. The number of hydrogen-bond donors (Lipinski definition) is 1. The van der Waals surface area contributed by atoms with Gasteiger partial charge in [-0.1, -0.05) is 0 Å². The minimum atomic E-state index is -1.18. The smallest absolute Gasteiger partial charge is 0.200 e. The lowest BCUT2D eigenvalue weighted by Crippen LogP contribution is -2.09. The van der Waals surface area contributed by atoms with Crippen LogP contribution in [0.2, 0.25) is 0 Å². The van der Waals surface area contributed by atoms with Crippen molar-refractivity contribution in [3.05, 3.63) is 41.2 Å². The monoisotopic (exact) mass is 299 g/mol. The Morgan fingerprint density at radius 3 is 2.67 bits per heavy atom. The summed E-state index contributed by atoms with van der Waals surface area (Å²) in [5.74, 6) is -3.73. The number of aliphatic imine (C=N–C) groups is 1. The summed E-state index contributed by atoms with van der Waals surface area (Å²) in [4.78, 5) is 15.8. The first kappa shape index (κ1) is 15.1. The second kappa shape index (κ2) is 5.99. The summed E-state index contributed by atoms with van der Waals surface area (Å²) in [5.41, 5.74) is -0.811. The van der Waals surface area contributed by atoms with Gasteiger partial charge in [0, 0.05) is 12.6 Å². The van der Waals surface area contributed by atoms with Gasteiger partial charge in [0.2, 0.25) is 5.78 Å². The van der Waals surface area contributed by atoms with Crippen LogP contribution in [0.4, 0.5) is 13.2 Å². The number of halogens is 3. The molecule has 112 valence electrons. The highest BCUT2D eigenvalue weighted by Crippen LogP contribution is 2.29.